The van der Waals surface area contributed by atoms with Gasteiger partial charge < -0.3 is 5.73 Å². The van der Waals surface area contributed by atoms with Crippen LogP contribution in [0.25, 0.3) is 0 Å². The number of nitrogens with two attached hydrogens (primary N) is 1. The fraction of sp³-hybridized carbons (Fsp3) is 0.538. The lowest BCUT2D eigenvalue weighted by atomic mass is 9.96. The summed E-state index contributed by atoms with van der Waals surface area (Å²) in [5, 5.41) is 0. The van der Waals surface area contributed by atoms with Gasteiger partial charge in [-0.2, -0.15) is 0 Å². The molecule has 0 saturated heterocycles. The molecular weight excluding hydrogens is 328 g/mol. The van der Waals surface area contributed by atoms with E-state index in [-0.39, 0.29) is 10.9 Å². The molecule has 0 amide bonds. The third-order valence-corrected chi connectivity index (χ3v) is 5.65. The Morgan fingerprint density at radius 2 is 1.89 bits per heavy atom. The minimum atomic E-state index is -3.51. The van der Waals surface area contributed by atoms with Crippen LogP contribution in [0.1, 0.15) is 33.6 Å². The molecule has 0 bridgehead atoms. The molecule has 0 heterocycles. The number of nitrogen functional groups attached to an aromatic ring is 1. The highest BCUT2D eigenvalue weighted by molar-refractivity contribution is 9.10. The molecule has 0 radical (unpaired) electrons. The van der Waals surface area contributed by atoms with Crippen molar-refractivity contribution in [2.24, 2.45) is 5.92 Å². The zero-order chi connectivity index (χ0) is 14.6. The average molecular weight is 349 g/mol. The van der Waals surface area contributed by atoms with E-state index in [9.17, 15) is 8.42 Å². The number of halogens is 1. The molecule has 4 nitrogen and oxygen atoms in total. The minimum Gasteiger partial charge on any atom is -0.398 e. The van der Waals surface area contributed by atoms with Crippen molar-refractivity contribution in [2.45, 2.75) is 44.6 Å². The molecule has 0 fully saturated rings. The second kappa shape index (κ2) is 6.72. The van der Waals surface area contributed by atoms with Crippen LogP contribution in [0.3, 0.4) is 0 Å². The highest BCUT2D eigenvalue weighted by Crippen LogP contribution is 2.23. The Balaban J connectivity index is 2.95. The van der Waals surface area contributed by atoms with Gasteiger partial charge in [0.1, 0.15) is 0 Å². The molecule has 1 aromatic rings. The van der Waals surface area contributed by atoms with E-state index in [1.165, 1.54) is 6.07 Å². The zero-order valence-electron chi connectivity index (χ0n) is 11.5. The Morgan fingerprint density at radius 3 is 2.37 bits per heavy atom. The third-order valence-electron chi connectivity index (χ3n) is 3.37. The number of anilines is 1. The van der Waals surface area contributed by atoms with Crippen LogP contribution in [0.5, 0.6) is 0 Å². The molecule has 1 unspecified atom stereocenters. The van der Waals surface area contributed by atoms with Crippen LogP contribution < -0.4 is 10.5 Å². The normalized spacial score (nSPS) is 13.7. The summed E-state index contributed by atoms with van der Waals surface area (Å²) >= 11 is 3.25. The predicted molar refractivity (Wildman–Crippen MR) is 82.4 cm³/mol. The number of nitrogens with one attached hydrogen (secondary N) is 1. The van der Waals surface area contributed by atoms with Crippen LogP contribution in [-0.4, -0.2) is 14.5 Å². The Kier molecular flexibility index (Phi) is 5.82. The van der Waals surface area contributed by atoms with Crippen molar-refractivity contribution >= 4 is 31.6 Å². The second-order valence-electron chi connectivity index (χ2n) is 4.67. The van der Waals surface area contributed by atoms with Crippen molar-refractivity contribution in [3.8, 4) is 0 Å². The third kappa shape index (κ3) is 4.19. The molecule has 0 aromatic heterocycles. The SMILES string of the molecule is CCC(CC)C(C)NS(=O)(=O)c1ccc(Br)c(N)c1. The molecule has 3 N–H and O–H groups in total. The van der Waals surface area contributed by atoms with Crippen molar-refractivity contribution < 1.29 is 8.42 Å². The van der Waals surface area contributed by atoms with Crippen molar-refractivity contribution in [3.05, 3.63) is 22.7 Å². The van der Waals surface area contributed by atoms with Gasteiger partial charge >= 0.3 is 0 Å². The molecule has 0 saturated carbocycles. The van der Waals surface area contributed by atoms with E-state index in [1.54, 1.807) is 12.1 Å². The fourth-order valence-electron chi connectivity index (χ4n) is 2.09. The summed E-state index contributed by atoms with van der Waals surface area (Å²) in [7, 11) is -3.51. The molecule has 19 heavy (non-hydrogen) atoms. The molecule has 6 heteroatoms. The summed E-state index contributed by atoms with van der Waals surface area (Å²) < 4.78 is 27.9. The van der Waals surface area contributed by atoms with Crippen LogP contribution in [0.2, 0.25) is 0 Å². The first-order valence-corrected chi connectivity index (χ1v) is 8.66. The standard InChI is InChI=1S/C13H21BrN2O2S/c1-4-10(5-2)9(3)16-19(17,18)11-6-7-12(14)13(15)8-11/h6-10,16H,4-5,15H2,1-3H3. The molecule has 0 aliphatic rings. The van der Waals surface area contributed by atoms with E-state index >= 15 is 0 Å². The van der Waals surface area contributed by atoms with Gasteiger partial charge in [0.05, 0.1) is 4.90 Å². The maximum absolute atomic E-state index is 12.3. The molecule has 0 aliphatic carbocycles. The van der Waals surface area contributed by atoms with Gasteiger partial charge in [0, 0.05) is 16.2 Å². The van der Waals surface area contributed by atoms with Crippen LogP contribution in [0.15, 0.2) is 27.6 Å². The summed E-state index contributed by atoms with van der Waals surface area (Å²) in [6, 6.07) is 4.56. The number of hydrogen-bond acceptors (Lipinski definition) is 3. The molecule has 1 aromatic carbocycles. The van der Waals surface area contributed by atoms with Crippen LogP contribution in [0.4, 0.5) is 5.69 Å². The summed E-state index contributed by atoms with van der Waals surface area (Å²) in [6.07, 6.45) is 1.89. The van der Waals surface area contributed by atoms with Crippen LogP contribution >= 0.6 is 15.9 Å². The quantitative estimate of drug-likeness (QED) is 0.775. The molecule has 0 spiro atoms. The van der Waals surface area contributed by atoms with E-state index in [2.05, 4.69) is 34.5 Å². The predicted octanol–water partition coefficient (Wildman–Crippen LogP) is 3.13. The summed E-state index contributed by atoms with van der Waals surface area (Å²) in [4.78, 5) is 0.200. The maximum atomic E-state index is 12.3. The van der Waals surface area contributed by atoms with Crippen molar-refractivity contribution in [3.63, 3.8) is 0 Å². The number of sulfonamides is 1. The van der Waals surface area contributed by atoms with Gasteiger partial charge in [0.15, 0.2) is 0 Å². The highest BCUT2D eigenvalue weighted by Gasteiger charge is 2.22. The maximum Gasteiger partial charge on any atom is 0.240 e. The topological polar surface area (TPSA) is 72.2 Å². The highest BCUT2D eigenvalue weighted by atomic mass is 79.9. The fourth-order valence-corrected chi connectivity index (χ4v) is 3.69. The lowest BCUT2D eigenvalue weighted by molar-refractivity contribution is 0.391. The molecule has 1 atom stereocenters. The smallest absolute Gasteiger partial charge is 0.240 e. The zero-order valence-corrected chi connectivity index (χ0v) is 13.9. The van der Waals surface area contributed by atoms with Gasteiger partial charge in [-0.1, -0.05) is 26.7 Å². The first-order valence-electron chi connectivity index (χ1n) is 6.39. The van der Waals surface area contributed by atoms with Crippen molar-refractivity contribution in [1.29, 1.82) is 0 Å². The Morgan fingerprint density at radius 1 is 1.32 bits per heavy atom. The van der Waals surface area contributed by atoms with Crippen molar-refractivity contribution in [1.82, 2.24) is 4.72 Å². The molecular formula is C13H21BrN2O2S. The number of benzene rings is 1. The van der Waals surface area contributed by atoms with Gasteiger partial charge in [-0.25, -0.2) is 13.1 Å². The monoisotopic (exact) mass is 348 g/mol. The Bertz CT molecular complexity index is 527. The second-order valence-corrected chi connectivity index (χ2v) is 7.24. The van der Waals surface area contributed by atoms with Crippen LogP contribution in [-0.2, 0) is 10.0 Å². The average Bonchev–Trinajstić information content (AvgIpc) is 2.33. The Hall–Kier alpha value is -0.590. The number of hydrogen-bond donors (Lipinski definition) is 2. The van der Waals surface area contributed by atoms with E-state index in [0.29, 0.717) is 16.1 Å². The first kappa shape index (κ1) is 16.5. The van der Waals surface area contributed by atoms with E-state index in [4.69, 9.17) is 5.73 Å². The summed E-state index contributed by atoms with van der Waals surface area (Å²) in [5.41, 5.74) is 6.14. The van der Waals surface area contributed by atoms with E-state index < -0.39 is 10.0 Å². The lowest BCUT2D eigenvalue weighted by Gasteiger charge is -2.22. The van der Waals surface area contributed by atoms with E-state index in [1.807, 2.05) is 6.92 Å². The minimum absolute atomic E-state index is 0.0927. The summed E-state index contributed by atoms with van der Waals surface area (Å²) in [6.45, 7) is 6.03. The largest absolute Gasteiger partial charge is 0.398 e. The number of rotatable bonds is 6. The summed E-state index contributed by atoms with van der Waals surface area (Å²) in [5.74, 6) is 0.336. The lowest BCUT2D eigenvalue weighted by Crippen LogP contribution is -2.37. The van der Waals surface area contributed by atoms with Gasteiger partial charge in [-0.05, 0) is 47.0 Å². The molecule has 108 valence electrons. The van der Waals surface area contributed by atoms with Gasteiger partial charge in [0.2, 0.25) is 10.0 Å². The molecule has 1 rings (SSSR count). The van der Waals surface area contributed by atoms with Crippen molar-refractivity contribution in [2.75, 3.05) is 5.73 Å². The van der Waals surface area contributed by atoms with Crippen LogP contribution in [0, 0.1) is 5.92 Å². The van der Waals surface area contributed by atoms with Gasteiger partial charge in [-0.15, -0.1) is 0 Å². The van der Waals surface area contributed by atoms with Gasteiger partial charge in [-0.3, -0.25) is 0 Å². The first-order chi connectivity index (χ1) is 8.81. The molecule has 0 aliphatic heterocycles. The van der Waals surface area contributed by atoms with E-state index in [0.717, 1.165) is 12.8 Å². The van der Waals surface area contributed by atoms with Gasteiger partial charge in [0.25, 0.3) is 0 Å². The Labute approximate surface area is 124 Å².